The number of ketones is 1. The first-order chi connectivity index (χ1) is 6.74. The molecule has 0 unspecified atom stereocenters. The average molecular weight is 259 g/mol. The lowest BCUT2D eigenvalue weighted by Gasteiger charge is -2.06. The lowest BCUT2D eigenvalue weighted by atomic mass is 10.3. The number of para-hydroxylation sites is 1. The Bertz CT molecular complexity index is 312. The van der Waals surface area contributed by atoms with E-state index in [4.69, 9.17) is 4.74 Å². The predicted molar refractivity (Wildman–Crippen MR) is 56.5 cm³/mol. The Hall–Kier alpha value is -0.870. The number of carbonyl (C=O) groups is 1. The average Bonchev–Trinajstić information content (AvgIpc) is 2.17. The molecular formula is C10H11BrO3. The molecule has 0 bridgehead atoms. The molecule has 1 rings (SSSR count). The normalized spacial score (nSPS) is 9.86. The quantitative estimate of drug-likeness (QED) is 0.811. The van der Waals surface area contributed by atoms with Gasteiger partial charge in [-0.1, -0.05) is 12.1 Å². The van der Waals surface area contributed by atoms with Crippen LogP contribution in [0.1, 0.15) is 0 Å². The van der Waals surface area contributed by atoms with Gasteiger partial charge in [-0.15, -0.1) is 0 Å². The molecule has 0 aromatic heterocycles. The van der Waals surface area contributed by atoms with Crippen LogP contribution in [0.2, 0.25) is 0 Å². The first kappa shape index (κ1) is 11.2. The molecule has 76 valence electrons. The Morgan fingerprint density at radius 2 is 2.07 bits per heavy atom. The van der Waals surface area contributed by atoms with Gasteiger partial charge in [-0.2, -0.15) is 0 Å². The zero-order valence-corrected chi connectivity index (χ0v) is 9.41. The fraction of sp³-hybridized carbons (Fsp3) is 0.300. The van der Waals surface area contributed by atoms with E-state index in [1.165, 1.54) is 7.11 Å². The summed E-state index contributed by atoms with van der Waals surface area (Å²) in [7, 11) is 1.48. The number of Topliss-reactive ketones (excluding diaryl/α,β-unsaturated/α-hetero) is 1. The van der Waals surface area contributed by atoms with Gasteiger partial charge in [-0.25, -0.2) is 0 Å². The molecule has 0 saturated carbocycles. The van der Waals surface area contributed by atoms with Crippen molar-refractivity contribution in [2.24, 2.45) is 0 Å². The topological polar surface area (TPSA) is 35.5 Å². The molecule has 0 aliphatic heterocycles. The second-order valence-electron chi connectivity index (χ2n) is 2.69. The van der Waals surface area contributed by atoms with Crippen molar-refractivity contribution in [2.75, 3.05) is 20.3 Å². The van der Waals surface area contributed by atoms with Crippen molar-refractivity contribution in [1.29, 1.82) is 0 Å². The first-order valence-electron chi connectivity index (χ1n) is 4.12. The van der Waals surface area contributed by atoms with E-state index < -0.39 is 0 Å². The summed E-state index contributed by atoms with van der Waals surface area (Å²) < 4.78 is 10.8. The lowest BCUT2D eigenvalue weighted by Crippen LogP contribution is -2.16. The Morgan fingerprint density at radius 3 is 2.71 bits per heavy atom. The Kier molecular flexibility index (Phi) is 4.62. The highest BCUT2D eigenvalue weighted by molar-refractivity contribution is 9.10. The van der Waals surface area contributed by atoms with E-state index >= 15 is 0 Å². The predicted octanol–water partition coefficient (Wildman–Crippen LogP) is 2.04. The minimum atomic E-state index is -0.0803. The summed E-state index contributed by atoms with van der Waals surface area (Å²) in [5.41, 5.74) is 0. The third-order valence-electron chi connectivity index (χ3n) is 1.53. The molecule has 0 heterocycles. The van der Waals surface area contributed by atoms with Crippen LogP contribution in [0.4, 0.5) is 0 Å². The van der Waals surface area contributed by atoms with Gasteiger partial charge in [0.1, 0.15) is 19.0 Å². The summed E-state index contributed by atoms with van der Waals surface area (Å²) >= 11 is 3.32. The van der Waals surface area contributed by atoms with Crippen molar-refractivity contribution in [1.82, 2.24) is 0 Å². The molecule has 1 aromatic carbocycles. The largest absolute Gasteiger partial charge is 0.485 e. The van der Waals surface area contributed by atoms with Crippen LogP contribution in [0.3, 0.4) is 0 Å². The molecule has 0 aliphatic carbocycles. The van der Waals surface area contributed by atoms with Gasteiger partial charge >= 0.3 is 0 Å². The van der Waals surface area contributed by atoms with Crippen LogP contribution >= 0.6 is 15.9 Å². The van der Waals surface area contributed by atoms with Gasteiger partial charge in [0.05, 0.1) is 4.47 Å². The summed E-state index contributed by atoms with van der Waals surface area (Å²) in [5.74, 6) is 0.584. The molecular weight excluding hydrogens is 248 g/mol. The fourth-order valence-electron chi connectivity index (χ4n) is 0.923. The minimum absolute atomic E-state index is 0.0381. The molecule has 0 N–H and O–H groups in total. The number of benzene rings is 1. The van der Waals surface area contributed by atoms with Crippen molar-refractivity contribution in [2.45, 2.75) is 0 Å². The molecule has 0 atom stereocenters. The van der Waals surface area contributed by atoms with Crippen LogP contribution in [-0.2, 0) is 9.53 Å². The van der Waals surface area contributed by atoms with Crippen molar-refractivity contribution in [3.05, 3.63) is 28.7 Å². The van der Waals surface area contributed by atoms with E-state index in [0.29, 0.717) is 5.75 Å². The van der Waals surface area contributed by atoms with Gasteiger partial charge < -0.3 is 9.47 Å². The summed E-state index contributed by atoms with van der Waals surface area (Å²) in [4.78, 5) is 11.1. The maximum atomic E-state index is 11.1. The van der Waals surface area contributed by atoms with Gasteiger partial charge in [-0.05, 0) is 28.1 Å². The van der Waals surface area contributed by atoms with E-state index in [2.05, 4.69) is 20.7 Å². The van der Waals surface area contributed by atoms with Crippen molar-refractivity contribution in [3.63, 3.8) is 0 Å². The molecule has 1 aromatic rings. The van der Waals surface area contributed by atoms with Crippen LogP contribution in [0.15, 0.2) is 28.7 Å². The van der Waals surface area contributed by atoms with Gasteiger partial charge in [0.25, 0.3) is 0 Å². The molecule has 0 amide bonds. The van der Waals surface area contributed by atoms with E-state index in [9.17, 15) is 4.79 Å². The summed E-state index contributed by atoms with van der Waals surface area (Å²) in [6, 6.07) is 7.38. The molecule has 0 radical (unpaired) electrons. The minimum Gasteiger partial charge on any atom is -0.485 e. The second-order valence-corrected chi connectivity index (χ2v) is 3.55. The Labute approximate surface area is 91.1 Å². The molecule has 3 nitrogen and oxygen atoms in total. The molecule has 0 saturated heterocycles. The zero-order chi connectivity index (χ0) is 10.4. The summed E-state index contributed by atoms with van der Waals surface area (Å²) in [6.45, 7) is 0.126. The number of rotatable bonds is 5. The van der Waals surface area contributed by atoms with Crippen LogP contribution in [-0.4, -0.2) is 26.1 Å². The van der Waals surface area contributed by atoms with E-state index in [1.807, 2.05) is 18.2 Å². The van der Waals surface area contributed by atoms with Gasteiger partial charge in [-0.3, -0.25) is 4.79 Å². The number of hydrogen-bond donors (Lipinski definition) is 0. The van der Waals surface area contributed by atoms with Crippen molar-refractivity contribution < 1.29 is 14.3 Å². The molecule has 0 aliphatic rings. The molecule has 0 fully saturated rings. The smallest absolute Gasteiger partial charge is 0.195 e. The Morgan fingerprint density at radius 1 is 1.36 bits per heavy atom. The fourth-order valence-corrected chi connectivity index (χ4v) is 1.32. The lowest BCUT2D eigenvalue weighted by molar-refractivity contribution is -0.124. The highest BCUT2D eigenvalue weighted by Gasteiger charge is 2.04. The highest BCUT2D eigenvalue weighted by Crippen LogP contribution is 2.23. The van der Waals surface area contributed by atoms with Crippen LogP contribution < -0.4 is 4.74 Å². The maximum absolute atomic E-state index is 11.1. The van der Waals surface area contributed by atoms with E-state index in [1.54, 1.807) is 6.07 Å². The van der Waals surface area contributed by atoms with Gasteiger partial charge in [0, 0.05) is 7.11 Å². The van der Waals surface area contributed by atoms with E-state index in [0.717, 1.165) is 4.47 Å². The van der Waals surface area contributed by atoms with Crippen LogP contribution in [0.5, 0.6) is 5.75 Å². The Balaban J connectivity index is 2.46. The molecule has 0 spiro atoms. The summed E-state index contributed by atoms with van der Waals surface area (Å²) in [6.07, 6.45) is 0. The molecule has 4 heteroatoms. The number of ether oxygens (including phenoxy) is 2. The SMILES string of the molecule is COCC(=O)COc1ccccc1Br. The highest BCUT2D eigenvalue weighted by atomic mass is 79.9. The second kappa shape index (κ2) is 5.78. The number of carbonyl (C=O) groups excluding carboxylic acids is 1. The maximum Gasteiger partial charge on any atom is 0.195 e. The van der Waals surface area contributed by atoms with Crippen molar-refractivity contribution >= 4 is 21.7 Å². The van der Waals surface area contributed by atoms with Gasteiger partial charge in [0.15, 0.2) is 5.78 Å². The van der Waals surface area contributed by atoms with Crippen molar-refractivity contribution in [3.8, 4) is 5.75 Å². The third-order valence-corrected chi connectivity index (χ3v) is 2.19. The number of methoxy groups -OCH3 is 1. The summed E-state index contributed by atoms with van der Waals surface area (Å²) in [5, 5.41) is 0. The van der Waals surface area contributed by atoms with Crippen LogP contribution in [0, 0.1) is 0 Å². The monoisotopic (exact) mass is 258 g/mol. The third kappa shape index (κ3) is 3.47. The molecule has 14 heavy (non-hydrogen) atoms. The number of hydrogen-bond acceptors (Lipinski definition) is 3. The first-order valence-corrected chi connectivity index (χ1v) is 4.91. The zero-order valence-electron chi connectivity index (χ0n) is 7.83. The number of halogens is 1. The van der Waals surface area contributed by atoms with Crippen LogP contribution in [0.25, 0.3) is 0 Å². The van der Waals surface area contributed by atoms with E-state index in [-0.39, 0.29) is 19.0 Å². The van der Waals surface area contributed by atoms with Gasteiger partial charge in [0.2, 0.25) is 0 Å². The standard InChI is InChI=1S/C10H11BrO3/c1-13-6-8(12)7-14-10-5-3-2-4-9(10)11/h2-5H,6-7H2,1H3.